The van der Waals surface area contributed by atoms with Crippen molar-refractivity contribution in [2.75, 3.05) is 6.61 Å². The van der Waals surface area contributed by atoms with E-state index < -0.39 is 11.7 Å². The highest BCUT2D eigenvalue weighted by Crippen LogP contribution is 2.66. The zero-order valence-corrected chi connectivity index (χ0v) is 17.9. The topological polar surface area (TPSA) is 83.7 Å². The van der Waals surface area contributed by atoms with E-state index in [1.54, 1.807) is 17.9 Å². The minimum absolute atomic E-state index is 0.0195. The van der Waals surface area contributed by atoms with Gasteiger partial charge < -0.3 is 14.9 Å². The monoisotopic (exact) mass is 391 g/mol. The summed E-state index contributed by atoms with van der Waals surface area (Å²) in [5.41, 5.74) is -0.512. The first kappa shape index (κ1) is 20.3. The Morgan fingerprint density at radius 1 is 1.29 bits per heavy atom. The molecule has 0 bridgehead atoms. The van der Waals surface area contributed by atoms with Crippen LogP contribution in [0.25, 0.3) is 0 Å². The van der Waals surface area contributed by atoms with Gasteiger partial charge in [0.1, 0.15) is 18.8 Å². The highest BCUT2D eigenvalue weighted by molar-refractivity contribution is 5.13. The van der Waals surface area contributed by atoms with Crippen molar-refractivity contribution in [1.29, 1.82) is 0 Å². The molecule has 2 heterocycles. The Morgan fingerprint density at radius 3 is 2.68 bits per heavy atom. The van der Waals surface area contributed by atoms with Crippen molar-refractivity contribution < 1.29 is 14.9 Å². The summed E-state index contributed by atoms with van der Waals surface area (Å²) < 4.78 is 7.65. The predicted molar refractivity (Wildman–Crippen MR) is 107 cm³/mol. The van der Waals surface area contributed by atoms with E-state index in [4.69, 9.17) is 4.74 Å². The van der Waals surface area contributed by atoms with Crippen LogP contribution in [0.5, 0.6) is 0 Å². The number of rotatable bonds is 6. The molecule has 158 valence electrons. The fourth-order valence-corrected chi connectivity index (χ4v) is 6.80. The maximum Gasteiger partial charge on any atom is 0.137 e. The number of ether oxygens (including phenoxy) is 1. The second kappa shape index (κ2) is 6.78. The smallest absolute Gasteiger partial charge is 0.137 e. The summed E-state index contributed by atoms with van der Waals surface area (Å²) in [4.78, 5) is 3.91. The molecule has 28 heavy (non-hydrogen) atoms. The molecule has 0 amide bonds. The molecule has 1 saturated heterocycles. The molecular weight excluding hydrogens is 354 g/mol. The van der Waals surface area contributed by atoms with Gasteiger partial charge in [0.05, 0.1) is 24.4 Å². The number of aromatic nitrogens is 3. The summed E-state index contributed by atoms with van der Waals surface area (Å²) >= 11 is 0. The van der Waals surface area contributed by atoms with Crippen LogP contribution in [0, 0.1) is 22.7 Å². The molecule has 3 aliphatic rings. The molecule has 3 fully saturated rings. The molecule has 1 aromatic heterocycles. The number of aliphatic hydroxyl groups excluding tert-OH is 1. The molecule has 5 unspecified atom stereocenters. The zero-order valence-electron chi connectivity index (χ0n) is 17.9. The SMILES string of the molecule is CC1(C)CCCC2(C)C1CCC1(CO1)C2CC[C@@](C)(O)C(O)Cn1cncn1. The van der Waals surface area contributed by atoms with Crippen molar-refractivity contribution in [3.63, 3.8) is 0 Å². The first-order valence-corrected chi connectivity index (χ1v) is 11.0. The number of epoxide rings is 1. The first-order chi connectivity index (χ1) is 13.1. The molecular formula is C22H37N3O3. The third-order valence-electron chi connectivity index (χ3n) is 8.56. The van der Waals surface area contributed by atoms with Crippen LogP contribution in [0.4, 0.5) is 0 Å². The maximum absolute atomic E-state index is 11.0. The minimum atomic E-state index is -1.16. The normalized spacial score (nSPS) is 39.9. The van der Waals surface area contributed by atoms with Crippen molar-refractivity contribution in [2.24, 2.45) is 22.7 Å². The van der Waals surface area contributed by atoms with E-state index in [1.165, 1.54) is 32.0 Å². The summed E-state index contributed by atoms with van der Waals surface area (Å²) in [5.74, 6) is 1.15. The average Bonchev–Trinajstić information content (AvgIpc) is 3.17. The Labute approximate surface area is 168 Å². The molecule has 4 rings (SSSR count). The van der Waals surface area contributed by atoms with Crippen molar-refractivity contribution in [3.05, 3.63) is 12.7 Å². The zero-order chi connectivity index (χ0) is 20.2. The van der Waals surface area contributed by atoms with Gasteiger partial charge >= 0.3 is 0 Å². The predicted octanol–water partition coefficient (Wildman–Crippen LogP) is 3.18. The van der Waals surface area contributed by atoms with Crippen LogP contribution in [0.1, 0.15) is 72.6 Å². The third-order valence-corrected chi connectivity index (χ3v) is 8.56. The van der Waals surface area contributed by atoms with Gasteiger partial charge in [0.25, 0.3) is 0 Å². The quantitative estimate of drug-likeness (QED) is 0.728. The largest absolute Gasteiger partial charge is 0.388 e. The second-order valence-electron chi connectivity index (χ2n) is 10.9. The van der Waals surface area contributed by atoms with Crippen LogP contribution < -0.4 is 0 Å². The Kier molecular flexibility index (Phi) is 4.91. The number of hydrogen-bond acceptors (Lipinski definition) is 5. The molecule has 1 spiro atoms. The fraction of sp³-hybridized carbons (Fsp3) is 0.909. The van der Waals surface area contributed by atoms with Crippen LogP contribution in [0.3, 0.4) is 0 Å². The molecule has 6 heteroatoms. The van der Waals surface area contributed by atoms with E-state index in [0.29, 0.717) is 23.7 Å². The van der Waals surface area contributed by atoms with Crippen LogP contribution in [0.2, 0.25) is 0 Å². The third kappa shape index (κ3) is 3.41. The number of aliphatic hydroxyl groups is 2. The maximum atomic E-state index is 11.0. The molecule has 2 aliphatic carbocycles. The van der Waals surface area contributed by atoms with E-state index in [-0.39, 0.29) is 17.6 Å². The minimum Gasteiger partial charge on any atom is -0.388 e. The van der Waals surface area contributed by atoms with E-state index in [2.05, 4.69) is 30.9 Å². The summed E-state index contributed by atoms with van der Waals surface area (Å²) in [6, 6.07) is 0. The summed E-state index contributed by atoms with van der Waals surface area (Å²) in [6.45, 7) is 10.2. The molecule has 6 nitrogen and oxygen atoms in total. The highest BCUT2D eigenvalue weighted by Gasteiger charge is 2.64. The summed E-state index contributed by atoms with van der Waals surface area (Å²) in [7, 11) is 0. The molecule has 2 N–H and O–H groups in total. The van der Waals surface area contributed by atoms with Gasteiger partial charge in [-0.15, -0.1) is 0 Å². The van der Waals surface area contributed by atoms with E-state index in [0.717, 1.165) is 19.4 Å². The molecule has 0 radical (unpaired) electrons. The van der Waals surface area contributed by atoms with Gasteiger partial charge in [-0.1, -0.05) is 27.2 Å². The number of hydrogen-bond donors (Lipinski definition) is 2. The van der Waals surface area contributed by atoms with Crippen LogP contribution in [-0.4, -0.2) is 48.9 Å². The lowest BCUT2D eigenvalue weighted by atomic mass is 9.45. The first-order valence-electron chi connectivity index (χ1n) is 11.0. The van der Waals surface area contributed by atoms with Gasteiger partial charge in [-0.2, -0.15) is 5.10 Å². The van der Waals surface area contributed by atoms with Gasteiger partial charge in [0, 0.05) is 0 Å². The fourth-order valence-electron chi connectivity index (χ4n) is 6.80. The van der Waals surface area contributed by atoms with Gasteiger partial charge in [-0.05, 0) is 68.1 Å². The Balaban J connectivity index is 1.49. The Hall–Kier alpha value is -0.980. The van der Waals surface area contributed by atoms with Crippen LogP contribution in [-0.2, 0) is 11.3 Å². The summed E-state index contributed by atoms with van der Waals surface area (Å²) in [6.07, 6.45) is 9.84. The van der Waals surface area contributed by atoms with Gasteiger partial charge in [0.15, 0.2) is 0 Å². The Morgan fingerprint density at radius 2 is 2.04 bits per heavy atom. The number of nitrogens with zero attached hydrogens (tertiary/aromatic N) is 3. The lowest BCUT2D eigenvalue weighted by Gasteiger charge is -2.59. The second-order valence-corrected chi connectivity index (χ2v) is 10.9. The summed E-state index contributed by atoms with van der Waals surface area (Å²) in [5, 5.41) is 25.7. The van der Waals surface area contributed by atoms with Gasteiger partial charge in [-0.25, -0.2) is 4.98 Å². The lowest BCUT2D eigenvalue weighted by Crippen LogP contribution is -2.55. The van der Waals surface area contributed by atoms with Crippen molar-refractivity contribution >= 4 is 0 Å². The van der Waals surface area contributed by atoms with Crippen molar-refractivity contribution in [1.82, 2.24) is 14.8 Å². The molecule has 6 atom stereocenters. The average molecular weight is 392 g/mol. The Bertz CT molecular complexity index is 683. The van der Waals surface area contributed by atoms with E-state index in [9.17, 15) is 10.2 Å². The molecule has 1 aromatic rings. The van der Waals surface area contributed by atoms with Crippen molar-refractivity contribution in [2.45, 2.75) is 96.5 Å². The molecule has 0 aromatic carbocycles. The molecule has 2 saturated carbocycles. The van der Waals surface area contributed by atoms with Crippen molar-refractivity contribution in [3.8, 4) is 0 Å². The van der Waals surface area contributed by atoms with E-state index >= 15 is 0 Å². The standard InChI is InChI=1S/C22H37N3O3/c1-19(2)8-5-9-20(3)16(19)7-11-22(13-28-22)17(20)6-10-21(4,27)18(26)12-25-15-23-14-24-25/h14-18,26-27H,5-13H2,1-4H3/t16?,17?,18?,20?,21-,22?/m1/s1. The van der Waals surface area contributed by atoms with Crippen LogP contribution in [0.15, 0.2) is 12.7 Å². The molecule has 1 aliphatic heterocycles. The van der Waals surface area contributed by atoms with Gasteiger partial charge in [0.2, 0.25) is 0 Å². The van der Waals surface area contributed by atoms with Gasteiger partial charge in [-0.3, -0.25) is 4.68 Å². The lowest BCUT2D eigenvalue weighted by molar-refractivity contribution is -0.123. The highest BCUT2D eigenvalue weighted by atomic mass is 16.6. The number of fused-ring (bicyclic) bond motifs is 1. The van der Waals surface area contributed by atoms with E-state index in [1.807, 2.05) is 0 Å². The van der Waals surface area contributed by atoms with Crippen LogP contribution >= 0.6 is 0 Å².